The average molecular weight is 431 g/mol. The molecule has 0 saturated carbocycles. The van der Waals surface area contributed by atoms with Crippen molar-refractivity contribution in [1.29, 1.82) is 5.41 Å². The minimum atomic E-state index is -0.584. The lowest BCUT2D eigenvalue weighted by Gasteiger charge is -2.19. The number of rotatable bonds is 8. The van der Waals surface area contributed by atoms with Crippen LogP contribution >= 0.6 is 0 Å². The fourth-order valence-corrected chi connectivity index (χ4v) is 3.29. The molecule has 0 aliphatic carbocycles. The molecule has 0 unspecified atom stereocenters. The highest BCUT2D eigenvalue weighted by Gasteiger charge is 2.22. The Morgan fingerprint density at radius 1 is 1.09 bits per heavy atom. The molecule has 164 valence electrons. The maximum atomic E-state index is 13.0. The number of carbonyl (C=O) groups is 1. The third kappa shape index (κ3) is 5.14. The molecule has 0 saturated heterocycles. The van der Waals surface area contributed by atoms with E-state index in [1.54, 1.807) is 36.4 Å². The summed E-state index contributed by atoms with van der Waals surface area (Å²) in [5.74, 6) is -0.250. The first kappa shape index (κ1) is 22.6. The van der Waals surface area contributed by atoms with E-state index in [4.69, 9.17) is 21.6 Å². The summed E-state index contributed by atoms with van der Waals surface area (Å²) in [7, 11) is 1.42. The minimum Gasteiger partial charge on any atom is -0.495 e. The van der Waals surface area contributed by atoms with Gasteiger partial charge in [0.25, 0.3) is 5.91 Å². The molecule has 1 atom stereocenters. The second-order valence-corrected chi connectivity index (χ2v) is 7.14. The van der Waals surface area contributed by atoms with E-state index < -0.39 is 11.9 Å². The molecule has 3 aromatic carbocycles. The Hall–Kier alpha value is -4.10. The molecule has 0 radical (unpaired) electrons. The molecule has 0 aliphatic heterocycles. The van der Waals surface area contributed by atoms with Crippen LogP contribution in [0.25, 0.3) is 6.08 Å². The lowest BCUT2D eigenvalue weighted by molar-refractivity contribution is 0.0913. The topological polar surface area (TPSA) is 134 Å². The standard InChI is InChI=1S/C25H26N4O3/c1-32-24-19(25(31)29-22(15-30)17-5-3-2-4-6-17)12-14-21(28)23(24)20(27)13-9-16-7-10-18(26)11-8-16/h2-14,22,27,30H,15,26,28H2,1H3,(H,29,31)/b13-9+,27-20?/t22-/m1/s1. The van der Waals surface area contributed by atoms with E-state index in [0.717, 1.165) is 11.1 Å². The van der Waals surface area contributed by atoms with Gasteiger partial charge in [-0.05, 0) is 41.5 Å². The number of nitrogens with one attached hydrogen (secondary N) is 2. The van der Waals surface area contributed by atoms with Crippen LogP contribution in [0.1, 0.15) is 33.1 Å². The van der Waals surface area contributed by atoms with Crippen LogP contribution in [0.2, 0.25) is 0 Å². The van der Waals surface area contributed by atoms with E-state index in [9.17, 15) is 9.90 Å². The van der Waals surface area contributed by atoms with Gasteiger partial charge in [-0.25, -0.2) is 0 Å². The van der Waals surface area contributed by atoms with Crippen molar-refractivity contribution in [1.82, 2.24) is 5.32 Å². The Labute approximate surface area is 186 Å². The van der Waals surface area contributed by atoms with E-state index in [0.29, 0.717) is 16.9 Å². The largest absolute Gasteiger partial charge is 0.495 e. The number of anilines is 2. The van der Waals surface area contributed by atoms with E-state index >= 15 is 0 Å². The highest BCUT2D eigenvalue weighted by Crippen LogP contribution is 2.30. The number of methoxy groups -OCH3 is 1. The number of nitrogens with two attached hydrogens (primary N) is 2. The van der Waals surface area contributed by atoms with Crippen molar-refractivity contribution >= 4 is 29.1 Å². The summed E-state index contributed by atoms with van der Waals surface area (Å²) in [6.45, 7) is -0.264. The fourth-order valence-electron chi connectivity index (χ4n) is 3.29. The van der Waals surface area contributed by atoms with Gasteiger partial charge in [-0.2, -0.15) is 0 Å². The molecule has 7 heteroatoms. The van der Waals surface area contributed by atoms with Crippen LogP contribution < -0.4 is 21.5 Å². The van der Waals surface area contributed by atoms with E-state index in [2.05, 4.69) is 5.32 Å². The van der Waals surface area contributed by atoms with Crippen LogP contribution in [-0.2, 0) is 0 Å². The van der Waals surface area contributed by atoms with Crippen LogP contribution in [0.3, 0.4) is 0 Å². The van der Waals surface area contributed by atoms with Gasteiger partial charge in [0.2, 0.25) is 0 Å². The third-order valence-electron chi connectivity index (χ3n) is 4.98. The Morgan fingerprint density at radius 3 is 2.41 bits per heavy atom. The predicted octanol–water partition coefficient (Wildman–Crippen LogP) is 3.40. The zero-order valence-electron chi connectivity index (χ0n) is 17.7. The summed E-state index contributed by atoms with van der Waals surface area (Å²) in [5.41, 5.74) is 15.1. The summed E-state index contributed by atoms with van der Waals surface area (Å²) in [6.07, 6.45) is 3.34. The SMILES string of the molecule is COc1c(C(=O)N[C@H](CO)c2ccccc2)ccc(N)c1C(=N)/C=C/c1ccc(N)cc1. The number of hydrogen-bond donors (Lipinski definition) is 5. The van der Waals surface area contributed by atoms with Crippen molar-refractivity contribution < 1.29 is 14.6 Å². The Bertz CT molecular complexity index is 1130. The normalized spacial score (nSPS) is 11.8. The maximum Gasteiger partial charge on any atom is 0.255 e. The van der Waals surface area contributed by atoms with Crippen LogP contribution in [0.15, 0.2) is 72.8 Å². The van der Waals surface area contributed by atoms with Crippen LogP contribution in [0, 0.1) is 5.41 Å². The Balaban J connectivity index is 1.89. The van der Waals surface area contributed by atoms with Gasteiger partial charge in [0.15, 0.2) is 0 Å². The number of hydrogen-bond acceptors (Lipinski definition) is 6. The second kappa shape index (κ2) is 10.3. The van der Waals surface area contributed by atoms with Crippen LogP contribution in [-0.4, -0.2) is 30.4 Å². The molecule has 7 N–H and O–H groups in total. The molecular weight excluding hydrogens is 404 g/mol. The van der Waals surface area contributed by atoms with E-state index in [1.807, 2.05) is 42.5 Å². The monoisotopic (exact) mass is 430 g/mol. The number of allylic oxidation sites excluding steroid dienone is 1. The number of benzene rings is 3. The van der Waals surface area contributed by atoms with Crippen molar-refractivity contribution in [2.24, 2.45) is 0 Å². The predicted molar refractivity (Wildman–Crippen MR) is 128 cm³/mol. The zero-order valence-corrected chi connectivity index (χ0v) is 17.7. The van der Waals surface area contributed by atoms with Gasteiger partial charge in [-0.3, -0.25) is 4.79 Å². The van der Waals surface area contributed by atoms with Crippen LogP contribution in [0.4, 0.5) is 11.4 Å². The number of nitrogen functional groups attached to an aromatic ring is 2. The quantitative estimate of drug-likeness (QED) is 0.276. The molecule has 1 amide bonds. The lowest BCUT2D eigenvalue weighted by Crippen LogP contribution is -2.31. The lowest BCUT2D eigenvalue weighted by atomic mass is 10.00. The Morgan fingerprint density at radius 2 is 1.78 bits per heavy atom. The number of amides is 1. The smallest absolute Gasteiger partial charge is 0.255 e. The van der Waals surface area contributed by atoms with Crippen molar-refractivity contribution in [2.75, 3.05) is 25.2 Å². The highest BCUT2D eigenvalue weighted by atomic mass is 16.5. The summed E-state index contributed by atoms with van der Waals surface area (Å²) < 4.78 is 5.49. The number of ether oxygens (including phenoxy) is 1. The third-order valence-corrected chi connectivity index (χ3v) is 4.98. The summed E-state index contributed by atoms with van der Waals surface area (Å²) >= 11 is 0. The minimum absolute atomic E-state index is 0.0904. The van der Waals surface area contributed by atoms with E-state index in [1.165, 1.54) is 7.11 Å². The Kier molecular flexibility index (Phi) is 7.25. The number of carbonyl (C=O) groups excluding carboxylic acids is 1. The van der Waals surface area contributed by atoms with Gasteiger partial charge in [-0.15, -0.1) is 0 Å². The van der Waals surface area contributed by atoms with Gasteiger partial charge in [0.05, 0.1) is 36.6 Å². The molecule has 7 nitrogen and oxygen atoms in total. The van der Waals surface area contributed by atoms with Crippen molar-refractivity contribution in [3.8, 4) is 5.75 Å². The molecule has 0 bridgehead atoms. The van der Waals surface area contributed by atoms with Gasteiger partial charge in [0, 0.05) is 11.4 Å². The molecule has 32 heavy (non-hydrogen) atoms. The number of aliphatic hydroxyl groups is 1. The molecular formula is C25H26N4O3. The summed E-state index contributed by atoms with van der Waals surface area (Å²) in [4.78, 5) is 13.0. The van der Waals surface area contributed by atoms with Crippen molar-refractivity contribution in [2.45, 2.75) is 6.04 Å². The molecule has 3 rings (SSSR count). The van der Waals surface area contributed by atoms with Crippen molar-refractivity contribution in [3.63, 3.8) is 0 Å². The fraction of sp³-hybridized carbons (Fsp3) is 0.120. The summed E-state index contributed by atoms with van der Waals surface area (Å²) in [5, 5.41) is 21.1. The van der Waals surface area contributed by atoms with Crippen molar-refractivity contribution in [3.05, 3.63) is 95.1 Å². The summed E-state index contributed by atoms with van der Waals surface area (Å²) in [6, 6.07) is 18.9. The molecule has 0 heterocycles. The molecule has 0 fully saturated rings. The van der Waals surface area contributed by atoms with Gasteiger partial charge >= 0.3 is 0 Å². The first-order valence-corrected chi connectivity index (χ1v) is 10.00. The first-order valence-electron chi connectivity index (χ1n) is 10.00. The zero-order chi connectivity index (χ0) is 23.1. The van der Waals surface area contributed by atoms with Crippen LogP contribution in [0.5, 0.6) is 5.75 Å². The van der Waals surface area contributed by atoms with Gasteiger partial charge in [0.1, 0.15) is 5.75 Å². The molecule has 0 spiro atoms. The second-order valence-electron chi connectivity index (χ2n) is 7.14. The highest BCUT2D eigenvalue weighted by molar-refractivity contribution is 6.15. The number of aliphatic hydroxyl groups excluding tert-OH is 1. The average Bonchev–Trinajstić information content (AvgIpc) is 2.82. The van der Waals surface area contributed by atoms with Gasteiger partial charge in [-0.1, -0.05) is 48.5 Å². The van der Waals surface area contributed by atoms with E-state index in [-0.39, 0.29) is 23.6 Å². The molecule has 3 aromatic rings. The molecule has 0 aliphatic rings. The van der Waals surface area contributed by atoms with Gasteiger partial charge < -0.3 is 32.0 Å². The molecule has 0 aromatic heterocycles. The first-order chi connectivity index (χ1) is 15.4. The maximum absolute atomic E-state index is 13.0.